The number of rotatable bonds is 3. The number of benzene rings is 1. The maximum atomic E-state index is 12.8. The molecule has 23 heavy (non-hydrogen) atoms. The summed E-state index contributed by atoms with van der Waals surface area (Å²) < 4.78 is 40.0. The van der Waals surface area contributed by atoms with Gasteiger partial charge in [-0.1, -0.05) is 43.1 Å². The molecule has 1 aromatic carbocycles. The zero-order valence-corrected chi connectivity index (χ0v) is 13.1. The standard InChI is InChI=1S/C17H14ClF3N2/c1-2-5-11-10-23(15-7-4-3-6-13(11)15)16-14(18)8-12(9-22-16)17(19,20)21/h3-4,6-10H,2,5H2,1H3. The third-order valence-corrected chi connectivity index (χ3v) is 3.97. The Morgan fingerprint density at radius 2 is 1.96 bits per heavy atom. The Balaban J connectivity index is 2.17. The van der Waals surface area contributed by atoms with E-state index in [-0.39, 0.29) is 5.02 Å². The van der Waals surface area contributed by atoms with Gasteiger partial charge in [0.1, 0.15) is 0 Å². The van der Waals surface area contributed by atoms with Crippen molar-refractivity contribution in [3.63, 3.8) is 0 Å². The molecule has 120 valence electrons. The van der Waals surface area contributed by atoms with Crippen LogP contribution in [0.15, 0.2) is 42.7 Å². The van der Waals surface area contributed by atoms with Gasteiger partial charge < -0.3 is 0 Å². The summed E-state index contributed by atoms with van der Waals surface area (Å²) in [6.45, 7) is 2.08. The highest BCUT2D eigenvalue weighted by Gasteiger charge is 2.31. The molecule has 0 radical (unpaired) electrons. The van der Waals surface area contributed by atoms with E-state index in [1.54, 1.807) is 4.57 Å². The fourth-order valence-corrected chi connectivity index (χ4v) is 2.91. The summed E-state index contributed by atoms with van der Waals surface area (Å²) in [5, 5.41) is 1.04. The van der Waals surface area contributed by atoms with Gasteiger partial charge in [-0.15, -0.1) is 0 Å². The minimum atomic E-state index is -4.46. The number of halogens is 4. The van der Waals surface area contributed by atoms with Gasteiger partial charge in [-0.25, -0.2) is 4.98 Å². The molecule has 0 bridgehead atoms. The number of hydrogen-bond donors (Lipinski definition) is 0. The number of aryl methyl sites for hydroxylation is 1. The molecule has 0 N–H and O–H groups in total. The van der Waals surface area contributed by atoms with Gasteiger partial charge in [0.05, 0.1) is 16.1 Å². The molecule has 0 amide bonds. The van der Waals surface area contributed by atoms with Gasteiger partial charge in [0.2, 0.25) is 0 Å². The first-order valence-corrected chi connectivity index (χ1v) is 7.61. The van der Waals surface area contributed by atoms with Crippen molar-refractivity contribution in [1.82, 2.24) is 9.55 Å². The van der Waals surface area contributed by atoms with E-state index >= 15 is 0 Å². The van der Waals surface area contributed by atoms with Gasteiger partial charge >= 0.3 is 6.18 Å². The first kappa shape index (κ1) is 15.9. The molecule has 0 aliphatic heterocycles. The smallest absolute Gasteiger partial charge is 0.300 e. The molecule has 0 fully saturated rings. The molecule has 3 aromatic rings. The average Bonchev–Trinajstić information content (AvgIpc) is 2.86. The second kappa shape index (κ2) is 5.89. The minimum Gasteiger partial charge on any atom is -0.300 e. The number of para-hydroxylation sites is 1. The Bertz CT molecular complexity index is 853. The topological polar surface area (TPSA) is 17.8 Å². The van der Waals surface area contributed by atoms with Gasteiger partial charge in [0.25, 0.3) is 0 Å². The lowest BCUT2D eigenvalue weighted by atomic mass is 10.1. The van der Waals surface area contributed by atoms with Crippen molar-refractivity contribution in [2.75, 3.05) is 0 Å². The molecule has 0 spiro atoms. The van der Waals surface area contributed by atoms with E-state index in [1.807, 2.05) is 30.5 Å². The van der Waals surface area contributed by atoms with Crippen molar-refractivity contribution in [3.05, 3.63) is 58.9 Å². The Kier molecular flexibility index (Phi) is 4.06. The highest BCUT2D eigenvalue weighted by molar-refractivity contribution is 6.32. The van der Waals surface area contributed by atoms with Crippen molar-refractivity contribution in [2.45, 2.75) is 25.9 Å². The van der Waals surface area contributed by atoms with E-state index in [0.717, 1.165) is 41.6 Å². The third kappa shape index (κ3) is 2.93. The number of fused-ring (bicyclic) bond motifs is 1. The van der Waals surface area contributed by atoms with Gasteiger partial charge in [-0.3, -0.25) is 4.57 Å². The predicted molar refractivity (Wildman–Crippen MR) is 85.1 cm³/mol. The summed E-state index contributed by atoms with van der Waals surface area (Å²) in [5.74, 6) is 0.304. The summed E-state index contributed by atoms with van der Waals surface area (Å²) in [5.41, 5.74) is 1.16. The monoisotopic (exact) mass is 338 g/mol. The zero-order chi connectivity index (χ0) is 16.6. The molecule has 2 aromatic heterocycles. The highest BCUT2D eigenvalue weighted by atomic mass is 35.5. The van der Waals surface area contributed by atoms with Crippen molar-refractivity contribution >= 4 is 22.5 Å². The number of aromatic nitrogens is 2. The molecule has 6 heteroatoms. The number of hydrogen-bond acceptors (Lipinski definition) is 1. The molecule has 0 unspecified atom stereocenters. The van der Waals surface area contributed by atoms with Gasteiger partial charge in [-0.05, 0) is 24.1 Å². The lowest BCUT2D eigenvalue weighted by Crippen LogP contribution is -2.07. The van der Waals surface area contributed by atoms with Crippen LogP contribution in [0.3, 0.4) is 0 Å². The van der Waals surface area contributed by atoms with Crippen LogP contribution >= 0.6 is 11.6 Å². The molecular weight excluding hydrogens is 325 g/mol. The number of nitrogens with zero attached hydrogens (tertiary/aromatic N) is 2. The van der Waals surface area contributed by atoms with Crippen molar-refractivity contribution in [1.29, 1.82) is 0 Å². The second-order valence-electron chi connectivity index (χ2n) is 5.32. The Morgan fingerprint density at radius 3 is 2.61 bits per heavy atom. The Morgan fingerprint density at radius 1 is 1.22 bits per heavy atom. The second-order valence-corrected chi connectivity index (χ2v) is 5.73. The first-order chi connectivity index (χ1) is 10.9. The molecule has 0 saturated heterocycles. The zero-order valence-electron chi connectivity index (χ0n) is 12.4. The molecule has 2 nitrogen and oxygen atoms in total. The summed E-state index contributed by atoms with van der Waals surface area (Å²) in [6, 6.07) is 8.64. The normalized spacial score (nSPS) is 12.0. The molecule has 0 saturated carbocycles. The van der Waals surface area contributed by atoms with Gasteiger partial charge in [0, 0.05) is 17.8 Å². The molecule has 0 atom stereocenters. The van der Waals surface area contributed by atoms with E-state index < -0.39 is 11.7 Å². The largest absolute Gasteiger partial charge is 0.417 e. The number of alkyl halides is 3. The van der Waals surface area contributed by atoms with Crippen LogP contribution < -0.4 is 0 Å². The minimum absolute atomic E-state index is 0.0244. The van der Waals surface area contributed by atoms with Crippen LogP contribution in [0.2, 0.25) is 5.02 Å². The van der Waals surface area contributed by atoms with Crippen molar-refractivity contribution < 1.29 is 13.2 Å². The van der Waals surface area contributed by atoms with E-state index in [0.29, 0.717) is 5.82 Å². The van der Waals surface area contributed by atoms with Crippen LogP contribution in [0.4, 0.5) is 13.2 Å². The van der Waals surface area contributed by atoms with E-state index in [2.05, 4.69) is 11.9 Å². The quantitative estimate of drug-likeness (QED) is 0.603. The fourth-order valence-electron chi connectivity index (χ4n) is 2.66. The molecule has 0 aliphatic carbocycles. The summed E-state index contributed by atoms with van der Waals surface area (Å²) in [6.07, 6.45) is 0.111. The SMILES string of the molecule is CCCc1cn(-c2ncc(C(F)(F)F)cc2Cl)c2ccccc12. The van der Waals surface area contributed by atoms with Crippen LogP contribution in [0.5, 0.6) is 0 Å². The highest BCUT2D eigenvalue weighted by Crippen LogP contribution is 2.33. The van der Waals surface area contributed by atoms with Gasteiger partial charge in [0.15, 0.2) is 5.82 Å². The van der Waals surface area contributed by atoms with E-state index in [4.69, 9.17) is 11.6 Å². The van der Waals surface area contributed by atoms with Crippen LogP contribution in [0.1, 0.15) is 24.5 Å². The van der Waals surface area contributed by atoms with E-state index in [9.17, 15) is 13.2 Å². The summed E-state index contributed by atoms with van der Waals surface area (Å²) >= 11 is 6.07. The van der Waals surface area contributed by atoms with Crippen LogP contribution in [-0.2, 0) is 12.6 Å². The summed E-state index contributed by atoms with van der Waals surface area (Å²) in [4.78, 5) is 3.95. The maximum absolute atomic E-state index is 12.8. The predicted octanol–water partition coefficient (Wildman–Crippen LogP) is 5.65. The molecule has 3 rings (SSSR count). The van der Waals surface area contributed by atoms with Crippen LogP contribution in [0.25, 0.3) is 16.7 Å². The lowest BCUT2D eigenvalue weighted by molar-refractivity contribution is -0.137. The van der Waals surface area contributed by atoms with Crippen molar-refractivity contribution in [2.24, 2.45) is 0 Å². The first-order valence-electron chi connectivity index (χ1n) is 7.24. The van der Waals surface area contributed by atoms with Crippen molar-refractivity contribution in [3.8, 4) is 5.82 Å². The maximum Gasteiger partial charge on any atom is 0.417 e. The lowest BCUT2D eigenvalue weighted by Gasteiger charge is -2.10. The Hall–Kier alpha value is -2.01. The van der Waals surface area contributed by atoms with Crippen LogP contribution in [0, 0.1) is 0 Å². The van der Waals surface area contributed by atoms with Crippen LogP contribution in [-0.4, -0.2) is 9.55 Å². The molecule has 0 aliphatic rings. The fraction of sp³-hybridized carbons (Fsp3) is 0.235. The average molecular weight is 339 g/mol. The summed E-state index contributed by atoms with van der Waals surface area (Å²) in [7, 11) is 0. The molecular formula is C17H14ClF3N2. The Labute approximate surface area is 136 Å². The third-order valence-electron chi connectivity index (χ3n) is 3.69. The van der Waals surface area contributed by atoms with E-state index in [1.165, 1.54) is 0 Å². The molecule has 2 heterocycles. The number of pyridine rings is 1. The van der Waals surface area contributed by atoms with Gasteiger partial charge in [-0.2, -0.15) is 13.2 Å².